The highest BCUT2D eigenvalue weighted by atomic mass is 35.5. The molecule has 3 N–H and O–H groups in total. The maximum Gasteiger partial charge on any atom is 0.234 e. The molecule has 0 rings (SSSR count). The van der Waals surface area contributed by atoms with Gasteiger partial charge in [-0.2, -0.15) is 0 Å². The van der Waals surface area contributed by atoms with E-state index in [0.29, 0.717) is 25.7 Å². The van der Waals surface area contributed by atoms with Crippen LogP contribution < -0.4 is 11.1 Å². The Morgan fingerprint density at radius 2 is 1.93 bits per heavy atom. The molecule has 0 unspecified atom stereocenters. The summed E-state index contributed by atoms with van der Waals surface area (Å²) in [6.45, 7) is 5.60. The average molecular weight is 246 g/mol. The molecule has 0 aromatic carbocycles. The molecule has 0 saturated carbocycles. The third-order valence-electron chi connectivity index (χ3n) is 1.74. The van der Waals surface area contributed by atoms with E-state index in [1.165, 1.54) is 0 Å². The number of amides is 1. The summed E-state index contributed by atoms with van der Waals surface area (Å²) in [6, 6.07) is 0.397. The third kappa shape index (κ3) is 10.1. The van der Waals surface area contributed by atoms with Crippen LogP contribution in [0, 0.1) is 0 Å². The highest BCUT2D eigenvalue weighted by molar-refractivity contribution is 5.85. The standard InChI is InChI=1S/C8H19N3O.2ClH/c1-7(2)11(3)6-8(12)10-5-4-9;;/h7H,4-6,9H2,1-3H3,(H,10,12);2*1H. The summed E-state index contributed by atoms with van der Waals surface area (Å²) in [5, 5.41) is 2.71. The summed E-state index contributed by atoms with van der Waals surface area (Å²) in [4.78, 5) is 13.1. The molecule has 1 amide bonds. The Morgan fingerprint density at radius 1 is 1.43 bits per heavy atom. The van der Waals surface area contributed by atoms with Gasteiger partial charge in [-0.3, -0.25) is 9.69 Å². The zero-order chi connectivity index (χ0) is 9.56. The number of hydrogen-bond donors (Lipinski definition) is 2. The second kappa shape index (κ2) is 11.0. The maximum atomic E-state index is 11.1. The van der Waals surface area contributed by atoms with Crippen LogP contribution in [0.4, 0.5) is 0 Å². The van der Waals surface area contributed by atoms with Crippen molar-refractivity contribution < 1.29 is 4.79 Å². The minimum absolute atomic E-state index is 0. The van der Waals surface area contributed by atoms with Crippen molar-refractivity contribution in [2.45, 2.75) is 19.9 Å². The maximum absolute atomic E-state index is 11.1. The minimum Gasteiger partial charge on any atom is -0.354 e. The number of hydrogen-bond acceptors (Lipinski definition) is 3. The molecule has 88 valence electrons. The SMILES string of the molecule is CC(C)N(C)CC(=O)NCCN.Cl.Cl. The van der Waals surface area contributed by atoms with Gasteiger partial charge >= 0.3 is 0 Å². The molecule has 0 aromatic heterocycles. The molecule has 0 bridgehead atoms. The fourth-order valence-electron chi connectivity index (χ4n) is 0.677. The predicted molar refractivity (Wildman–Crippen MR) is 64.3 cm³/mol. The van der Waals surface area contributed by atoms with Crippen LogP contribution in [-0.4, -0.2) is 43.5 Å². The molecule has 14 heavy (non-hydrogen) atoms. The van der Waals surface area contributed by atoms with Gasteiger partial charge in [-0.15, -0.1) is 24.8 Å². The van der Waals surface area contributed by atoms with E-state index in [1.54, 1.807) is 0 Å². The van der Waals surface area contributed by atoms with E-state index in [0.717, 1.165) is 0 Å². The van der Waals surface area contributed by atoms with Gasteiger partial charge in [-0.25, -0.2) is 0 Å². The molecule has 6 heteroatoms. The number of nitrogens with two attached hydrogens (primary N) is 1. The summed E-state index contributed by atoms with van der Waals surface area (Å²) in [7, 11) is 1.92. The van der Waals surface area contributed by atoms with Crippen LogP contribution in [0.3, 0.4) is 0 Å². The quantitative estimate of drug-likeness (QED) is 0.730. The first-order chi connectivity index (χ1) is 5.57. The number of rotatable bonds is 5. The monoisotopic (exact) mass is 245 g/mol. The molecule has 0 heterocycles. The van der Waals surface area contributed by atoms with Gasteiger partial charge in [0.05, 0.1) is 6.54 Å². The Labute approximate surface area is 98.4 Å². The molecule has 4 nitrogen and oxygen atoms in total. The van der Waals surface area contributed by atoms with Gasteiger partial charge < -0.3 is 11.1 Å². The van der Waals surface area contributed by atoms with Crippen molar-refractivity contribution in [1.82, 2.24) is 10.2 Å². The van der Waals surface area contributed by atoms with Crippen molar-refractivity contribution in [2.75, 3.05) is 26.7 Å². The fraction of sp³-hybridized carbons (Fsp3) is 0.875. The van der Waals surface area contributed by atoms with Crippen LogP contribution in [0.15, 0.2) is 0 Å². The van der Waals surface area contributed by atoms with Crippen molar-refractivity contribution in [1.29, 1.82) is 0 Å². The van der Waals surface area contributed by atoms with E-state index >= 15 is 0 Å². The first-order valence-corrected chi connectivity index (χ1v) is 4.25. The van der Waals surface area contributed by atoms with Crippen LogP contribution in [0.5, 0.6) is 0 Å². The summed E-state index contributed by atoms with van der Waals surface area (Å²) in [5.74, 6) is 0.0386. The van der Waals surface area contributed by atoms with E-state index < -0.39 is 0 Å². The Balaban J connectivity index is -0.000000605. The Kier molecular flexibility index (Phi) is 15.4. The second-order valence-corrected chi connectivity index (χ2v) is 3.15. The first kappa shape index (κ1) is 19.5. The first-order valence-electron chi connectivity index (χ1n) is 4.25. The van der Waals surface area contributed by atoms with Crippen molar-refractivity contribution in [3.8, 4) is 0 Å². The van der Waals surface area contributed by atoms with Gasteiger partial charge in [0.25, 0.3) is 0 Å². The molecule has 0 radical (unpaired) electrons. The topological polar surface area (TPSA) is 58.4 Å². The lowest BCUT2D eigenvalue weighted by atomic mass is 10.3. The van der Waals surface area contributed by atoms with Crippen molar-refractivity contribution in [2.24, 2.45) is 5.73 Å². The molecule has 0 atom stereocenters. The number of nitrogens with zero attached hydrogens (tertiary/aromatic N) is 1. The lowest BCUT2D eigenvalue weighted by Gasteiger charge is -2.19. The number of likely N-dealkylation sites (N-methyl/N-ethyl adjacent to an activating group) is 1. The molecular formula is C8H21Cl2N3O. The zero-order valence-corrected chi connectivity index (χ0v) is 10.6. The molecule has 0 fully saturated rings. The van der Waals surface area contributed by atoms with E-state index in [2.05, 4.69) is 19.2 Å². The lowest BCUT2D eigenvalue weighted by molar-refractivity contribution is -0.122. The Morgan fingerprint density at radius 3 is 2.29 bits per heavy atom. The molecule has 0 aliphatic carbocycles. The number of carbonyl (C=O) groups excluding carboxylic acids is 1. The number of carbonyl (C=O) groups is 1. The number of halogens is 2. The fourth-order valence-corrected chi connectivity index (χ4v) is 0.677. The largest absolute Gasteiger partial charge is 0.354 e. The third-order valence-corrected chi connectivity index (χ3v) is 1.74. The van der Waals surface area contributed by atoms with E-state index in [-0.39, 0.29) is 30.7 Å². The van der Waals surface area contributed by atoms with E-state index in [4.69, 9.17) is 5.73 Å². The summed E-state index contributed by atoms with van der Waals surface area (Å²) in [6.07, 6.45) is 0. The van der Waals surface area contributed by atoms with Crippen molar-refractivity contribution in [3.63, 3.8) is 0 Å². The summed E-state index contributed by atoms with van der Waals surface area (Å²) < 4.78 is 0. The highest BCUT2D eigenvalue weighted by Crippen LogP contribution is 1.91. The van der Waals surface area contributed by atoms with E-state index in [1.807, 2.05) is 11.9 Å². The van der Waals surface area contributed by atoms with Crippen LogP contribution in [0.1, 0.15) is 13.8 Å². The zero-order valence-electron chi connectivity index (χ0n) is 8.95. The molecule has 0 aliphatic rings. The summed E-state index contributed by atoms with van der Waals surface area (Å²) >= 11 is 0. The molecule has 0 spiro atoms. The molecule has 0 saturated heterocycles. The van der Waals surface area contributed by atoms with Crippen molar-refractivity contribution in [3.05, 3.63) is 0 Å². The second-order valence-electron chi connectivity index (χ2n) is 3.15. The van der Waals surface area contributed by atoms with Gasteiger partial charge in [0, 0.05) is 19.1 Å². The van der Waals surface area contributed by atoms with Crippen molar-refractivity contribution >= 4 is 30.7 Å². The summed E-state index contributed by atoms with van der Waals surface area (Å²) in [5.41, 5.74) is 5.24. The van der Waals surface area contributed by atoms with Gasteiger partial charge in [0.2, 0.25) is 5.91 Å². The van der Waals surface area contributed by atoms with Gasteiger partial charge in [-0.05, 0) is 20.9 Å². The predicted octanol–water partition coefficient (Wildman–Crippen LogP) is 0.245. The molecule has 0 aliphatic heterocycles. The normalized spacial score (nSPS) is 9.29. The Bertz CT molecular complexity index is 145. The van der Waals surface area contributed by atoms with Crippen LogP contribution >= 0.6 is 24.8 Å². The molecular weight excluding hydrogens is 225 g/mol. The molecule has 0 aromatic rings. The van der Waals surface area contributed by atoms with Gasteiger partial charge in [-0.1, -0.05) is 0 Å². The van der Waals surface area contributed by atoms with Crippen LogP contribution in [0.25, 0.3) is 0 Å². The minimum atomic E-state index is 0. The van der Waals surface area contributed by atoms with Crippen LogP contribution in [0.2, 0.25) is 0 Å². The average Bonchev–Trinajstić information content (AvgIpc) is 2.00. The van der Waals surface area contributed by atoms with E-state index in [9.17, 15) is 4.79 Å². The lowest BCUT2D eigenvalue weighted by Crippen LogP contribution is -2.39. The highest BCUT2D eigenvalue weighted by Gasteiger charge is 2.07. The smallest absolute Gasteiger partial charge is 0.234 e. The van der Waals surface area contributed by atoms with Gasteiger partial charge in [0.15, 0.2) is 0 Å². The van der Waals surface area contributed by atoms with Crippen LogP contribution in [-0.2, 0) is 4.79 Å². The van der Waals surface area contributed by atoms with Gasteiger partial charge in [0.1, 0.15) is 0 Å². The Hall–Kier alpha value is -0.0300. The number of nitrogens with one attached hydrogen (secondary N) is 1.